The minimum absolute atomic E-state index is 0.846. The van der Waals surface area contributed by atoms with Crippen molar-refractivity contribution in [1.82, 2.24) is 9.80 Å². The molecule has 0 aromatic heterocycles. The van der Waals surface area contributed by atoms with E-state index in [1.807, 2.05) is 18.2 Å². The Balaban J connectivity index is 1.67. The number of methoxy groups -OCH3 is 1. The molecule has 0 radical (unpaired) electrons. The number of rotatable bonds is 5. The van der Waals surface area contributed by atoms with Crippen molar-refractivity contribution in [2.24, 2.45) is 0 Å². The maximum atomic E-state index is 5.53. The molecular formula is C18H20N2OS2. The lowest BCUT2D eigenvalue weighted by molar-refractivity contribution is 0.199. The Morgan fingerprint density at radius 3 is 2.57 bits per heavy atom. The smallest absolute Gasteiger partial charge is 0.138 e. The zero-order valence-electron chi connectivity index (χ0n) is 13.1. The predicted molar refractivity (Wildman–Crippen MR) is 100 cm³/mol. The van der Waals surface area contributed by atoms with Crippen molar-refractivity contribution < 1.29 is 4.74 Å². The third-order valence-corrected chi connectivity index (χ3v) is 5.41. The van der Waals surface area contributed by atoms with E-state index in [4.69, 9.17) is 17.0 Å². The van der Waals surface area contributed by atoms with E-state index in [9.17, 15) is 0 Å². The van der Waals surface area contributed by atoms with Gasteiger partial charge in [-0.15, -0.1) is 0 Å². The van der Waals surface area contributed by atoms with Gasteiger partial charge in [0.15, 0.2) is 0 Å². The molecule has 1 heterocycles. The second-order valence-electron chi connectivity index (χ2n) is 5.51. The monoisotopic (exact) mass is 344 g/mol. The van der Waals surface area contributed by atoms with Crippen LogP contribution in [0.3, 0.4) is 0 Å². The van der Waals surface area contributed by atoms with Gasteiger partial charge < -0.3 is 9.64 Å². The van der Waals surface area contributed by atoms with E-state index in [-0.39, 0.29) is 0 Å². The standard InChI is InChI=1S/C18H20N2OS2/c1-21-17-10-6-5-9-16(17)12-19-13-20(18(22)23-14-19)11-15-7-3-2-4-8-15/h2-10H,11-14H2,1H3. The molecule has 120 valence electrons. The quantitative estimate of drug-likeness (QED) is 0.761. The molecule has 0 N–H and O–H groups in total. The first-order valence-electron chi connectivity index (χ1n) is 7.56. The number of thioether (sulfide) groups is 1. The fourth-order valence-electron chi connectivity index (χ4n) is 2.67. The van der Waals surface area contributed by atoms with Crippen LogP contribution >= 0.6 is 24.0 Å². The second kappa shape index (κ2) is 7.81. The van der Waals surface area contributed by atoms with Crippen molar-refractivity contribution in [3.05, 3.63) is 65.7 Å². The first kappa shape index (κ1) is 16.3. The molecule has 0 saturated carbocycles. The zero-order chi connectivity index (χ0) is 16.1. The van der Waals surface area contributed by atoms with Gasteiger partial charge in [-0.2, -0.15) is 0 Å². The molecule has 3 nitrogen and oxygen atoms in total. The SMILES string of the molecule is COc1ccccc1CN1CSC(=S)N(Cc2ccccc2)C1. The van der Waals surface area contributed by atoms with Crippen LogP contribution in [0, 0.1) is 0 Å². The van der Waals surface area contributed by atoms with E-state index in [0.717, 1.165) is 35.7 Å². The predicted octanol–water partition coefficient (Wildman–Crippen LogP) is 3.95. The van der Waals surface area contributed by atoms with Gasteiger partial charge in [0.2, 0.25) is 0 Å². The molecule has 1 aliphatic heterocycles. The summed E-state index contributed by atoms with van der Waals surface area (Å²) in [6, 6.07) is 18.7. The molecule has 0 aliphatic carbocycles. The number of thiocarbonyl (C=S) groups is 1. The number of hydrogen-bond donors (Lipinski definition) is 0. The van der Waals surface area contributed by atoms with Crippen LogP contribution in [-0.4, -0.2) is 33.8 Å². The summed E-state index contributed by atoms with van der Waals surface area (Å²) in [5.74, 6) is 1.86. The summed E-state index contributed by atoms with van der Waals surface area (Å²) in [4.78, 5) is 4.65. The third-order valence-electron chi connectivity index (χ3n) is 3.80. The summed E-state index contributed by atoms with van der Waals surface area (Å²) in [5.41, 5.74) is 2.50. The van der Waals surface area contributed by atoms with Crippen molar-refractivity contribution in [1.29, 1.82) is 0 Å². The lowest BCUT2D eigenvalue weighted by atomic mass is 10.2. The first-order valence-corrected chi connectivity index (χ1v) is 8.95. The number of benzene rings is 2. The van der Waals surface area contributed by atoms with E-state index < -0.39 is 0 Å². The highest BCUT2D eigenvalue weighted by atomic mass is 32.2. The molecule has 0 atom stereocenters. The van der Waals surface area contributed by atoms with Gasteiger partial charge in [0.05, 0.1) is 19.7 Å². The van der Waals surface area contributed by atoms with E-state index in [0.29, 0.717) is 0 Å². The van der Waals surface area contributed by atoms with Crippen LogP contribution in [0.5, 0.6) is 5.75 Å². The van der Waals surface area contributed by atoms with Crippen molar-refractivity contribution in [2.75, 3.05) is 19.7 Å². The van der Waals surface area contributed by atoms with E-state index in [1.165, 1.54) is 11.1 Å². The summed E-state index contributed by atoms with van der Waals surface area (Å²) in [6.07, 6.45) is 0. The summed E-state index contributed by atoms with van der Waals surface area (Å²) in [7, 11) is 1.72. The maximum absolute atomic E-state index is 5.53. The molecule has 5 heteroatoms. The molecule has 0 unspecified atom stereocenters. The van der Waals surface area contributed by atoms with E-state index in [2.05, 4.69) is 46.2 Å². The topological polar surface area (TPSA) is 15.7 Å². The largest absolute Gasteiger partial charge is 0.496 e. The fourth-order valence-corrected chi connectivity index (χ4v) is 3.72. The maximum Gasteiger partial charge on any atom is 0.138 e. The zero-order valence-corrected chi connectivity index (χ0v) is 14.8. The average molecular weight is 345 g/mol. The van der Waals surface area contributed by atoms with Crippen LogP contribution in [0.4, 0.5) is 0 Å². The van der Waals surface area contributed by atoms with Gasteiger partial charge in [-0.05, 0) is 11.6 Å². The number of nitrogens with zero attached hydrogens (tertiary/aromatic N) is 2. The number of hydrogen-bond acceptors (Lipinski definition) is 4. The lowest BCUT2D eigenvalue weighted by Gasteiger charge is -2.37. The Kier molecular flexibility index (Phi) is 5.54. The fraction of sp³-hybridized carbons (Fsp3) is 0.278. The molecule has 1 aliphatic rings. The van der Waals surface area contributed by atoms with Crippen LogP contribution in [-0.2, 0) is 13.1 Å². The molecule has 1 fully saturated rings. The molecule has 2 aromatic carbocycles. The molecule has 0 bridgehead atoms. The minimum atomic E-state index is 0.846. The highest BCUT2D eigenvalue weighted by Crippen LogP contribution is 2.25. The number of ether oxygens (including phenoxy) is 1. The lowest BCUT2D eigenvalue weighted by Crippen LogP contribution is -2.43. The Morgan fingerprint density at radius 2 is 1.78 bits per heavy atom. The van der Waals surface area contributed by atoms with Crippen molar-refractivity contribution in [3.63, 3.8) is 0 Å². The first-order chi connectivity index (χ1) is 11.3. The van der Waals surface area contributed by atoms with Gasteiger partial charge in [0.1, 0.15) is 10.1 Å². The van der Waals surface area contributed by atoms with Crippen LogP contribution < -0.4 is 4.74 Å². The second-order valence-corrected chi connectivity index (χ2v) is 7.08. The summed E-state index contributed by atoms with van der Waals surface area (Å²) in [5, 5.41) is 0. The Bertz CT molecular complexity index is 663. The van der Waals surface area contributed by atoms with Gasteiger partial charge in [-0.1, -0.05) is 72.5 Å². The van der Waals surface area contributed by atoms with Crippen LogP contribution in [0.2, 0.25) is 0 Å². The molecule has 23 heavy (non-hydrogen) atoms. The number of para-hydroxylation sites is 1. The summed E-state index contributed by atoms with van der Waals surface area (Å²) in [6.45, 7) is 2.57. The molecule has 1 saturated heterocycles. The van der Waals surface area contributed by atoms with Crippen LogP contribution in [0.1, 0.15) is 11.1 Å². The molecule has 0 spiro atoms. The molecule has 0 amide bonds. The Labute approximate surface area is 147 Å². The van der Waals surface area contributed by atoms with Crippen LogP contribution in [0.25, 0.3) is 0 Å². The Morgan fingerprint density at radius 1 is 1.04 bits per heavy atom. The highest BCUT2D eigenvalue weighted by Gasteiger charge is 2.22. The van der Waals surface area contributed by atoms with Gasteiger partial charge in [-0.3, -0.25) is 4.90 Å². The van der Waals surface area contributed by atoms with Crippen molar-refractivity contribution in [2.45, 2.75) is 13.1 Å². The highest BCUT2D eigenvalue weighted by molar-refractivity contribution is 8.22. The van der Waals surface area contributed by atoms with Crippen LogP contribution in [0.15, 0.2) is 54.6 Å². The third kappa shape index (κ3) is 4.25. The Hall–Kier alpha value is -1.56. The van der Waals surface area contributed by atoms with Gasteiger partial charge in [0.25, 0.3) is 0 Å². The average Bonchev–Trinajstić information content (AvgIpc) is 2.59. The molecule has 3 rings (SSSR count). The minimum Gasteiger partial charge on any atom is -0.496 e. The van der Waals surface area contributed by atoms with E-state index in [1.54, 1.807) is 18.9 Å². The van der Waals surface area contributed by atoms with Crippen molar-refractivity contribution in [3.8, 4) is 5.75 Å². The summed E-state index contributed by atoms with van der Waals surface area (Å²) >= 11 is 7.26. The van der Waals surface area contributed by atoms with Gasteiger partial charge in [0, 0.05) is 18.7 Å². The normalized spacial score (nSPS) is 15.7. The van der Waals surface area contributed by atoms with E-state index >= 15 is 0 Å². The van der Waals surface area contributed by atoms with Gasteiger partial charge >= 0.3 is 0 Å². The van der Waals surface area contributed by atoms with Gasteiger partial charge in [-0.25, -0.2) is 0 Å². The molecule has 2 aromatic rings. The summed E-state index contributed by atoms with van der Waals surface area (Å²) < 4.78 is 6.43. The molecular weight excluding hydrogens is 324 g/mol. The van der Waals surface area contributed by atoms with Crippen molar-refractivity contribution >= 4 is 28.3 Å².